The third-order valence-electron chi connectivity index (χ3n) is 3.70. The normalized spacial score (nSPS) is 31.4. The minimum Gasteiger partial charge on any atom is -0.368 e. The lowest BCUT2D eigenvalue weighted by Crippen LogP contribution is -2.31. The predicted molar refractivity (Wildman–Crippen MR) is 66.4 cm³/mol. The van der Waals surface area contributed by atoms with Gasteiger partial charge in [0.05, 0.1) is 5.60 Å². The van der Waals surface area contributed by atoms with Crippen molar-refractivity contribution in [1.82, 2.24) is 0 Å². The molecule has 1 rings (SSSR count). The van der Waals surface area contributed by atoms with Crippen LogP contribution in [0, 0.1) is 17.8 Å². The number of Topliss-reactive ketones (excluding diaryl/α,β-unsaturated/α-hetero) is 1. The summed E-state index contributed by atoms with van der Waals surface area (Å²) < 4.78 is 5.56. The molecule has 3 unspecified atom stereocenters. The lowest BCUT2D eigenvalue weighted by Gasteiger charge is -2.31. The van der Waals surface area contributed by atoms with Gasteiger partial charge in [-0.05, 0) is 51.9 Å². The topological polar surface area (TPSA) is 26.3 Å². The molecule has 0 N–H and O–H groups in total. The third kappa shape index (κ3) is 4.25. The SMILES string of the molecule is CC1CCC(C(=O)COC(C)(C)C)CC1C. The van der Waals surface area contributed by atoms with Crippen molar-refractivity contribution in [3.63, 3.8) is 0 Å². The Bertz CT molecular complexity index is 240. The Kier molecular flexibility index (Phi) is 4.54. The van der Waals surface area contributed by atoms with E-state index in [1.807, 2.05) is 20.8 Å². The molecule has 16 heavy (non-hydrogen) atoms. The van der Waals surface area contributed by atoms with Gasteiger partial charge in [-0.25, -0.2) is 0 Å². The van der Waals surface area contributed by atoms with Crippen molar-refractivity contribution in [1.29, 1.82) is 0 Å². The van der Waals surface area contributed by atoms with Crippen molar-refractivity contribution in [3.05, 3.63) is 0 Å². The van der Waals surface area contributed by atoms with E-state index in [2.05, 4.69) is 13.8 Å². The van der Waals surface area contributed by atoms with E-state index in [-0.39, 0.29) is 18.1 Å². The molecule has 0 saturated heterocycles. The summed E-state index contributed by atoms with van der Waals surface area (Å²) >= 11 is 0. The molecule has 1 aliphatic rings. The van der Waals surface area contributed by atoms with Crippen LogP contribution in [0.1, 0.15) is 53.9 Å². The Hall–Kier alpha value is -0.370. The average Bonchev–Trinajstić information content (AvgIpc) is 2.17. The van der Waals surface area contributed by atoms with Gasteiger partial charge in [0.2, 0.25) is 0 Å². The number of carbonyl (C=O) groups excluding carboxylic acids is 1. The molecule has 0 heterocycles. The lowest BCUT2D eigenvalue weighted by atomic mass is 9.74. The summed E-state index contributed by atoms with van der Waals surface area (Å²) in [5.41, 5.74) is -0.205. The molecule has 0 radical (unpaired) electrons. The molecule has 2 nitrogen and oxygen atoms in total. The number of rotatable bonds is 3. The second kappa shape index (κ2) is 5.31. The Morgan fingerprint density at radius 1 is 1.19 bits per heavy atom. The molecule has 1 aliphatic carbocycles. The highest BCUT2D eigenvalue weighted by Gasteiger charge is 2.29. The van der Waals surface area contributed by atoms with Crippen LogP contribution in [0.5, 0.6) is 0 Å². The first kappa shape index (κ1) is 13.7. The van der Waals surface area contributed by atoms with Gasteiger partial charge in [0.15, 0.2) is 5.78 Å². The van der Waals surface area contributed by atoms with E-state index in [0.717, 1.165) is 18.8 Å². The van der Waals surface area contributed by atoms with Gasteiger partial charge in [0.25, 0.3) is 0 Å². The van der Waals surface area contributed by atoms with Crippen molar-refractivity contribution < 1.29 is 9.53 Å². The molecular weight excluding hydrogens is 200 g/mol. The first-order valence-electron chi connectivity index (χ1n) is 6.46. The highest BCUT2D eigenvalue weighted by Crippen LogP contribution is 2.33. The maximum atomic E-state index is 12.0. The van der Waals surface area contributed by atoms with E-state index in [1.54, 1.807) is 0 Å². The second-order valence-corrected chi connectivity index (χ2v) is 6.33. The lowest BCUT2D eigenvalue weighted by molar-refractivity contribution is -0.134. The van der Waals surface area contributed by atoms with Gasteiger partial charge >= 0.3 is 0 Å². The molecule has 2 heteroatoms. The molecule has 0 aliphatic heterocycles. The standard InChI is InChI=1S/C14H26O2/c1-10-6-7-12(8-11(10)2)13(15)9-16-14(3,4)5/h10-12H,6-9H2,1-5H3. The van der Waals surface area contributed by atoms with Gasteiger partial charge in [-0.15, -0.1) is 0 Å². The number of hydrogen-bond acceptors (Lipinski definition) is 2. The molecule has 0 spiro atoms. The Morgan fingerprint density at radius 3 is 2.31 bits per heavy atom. The Morgan fingerprint density at radius 2 is 1.81 bits per heavy atom. The zero-order chi connectivity index (χ0) is 12.3. The van der Waals surface area contributed by atoms with E-state index < -0.39 is 0 Å². The predicted octanol–water partition coefficient (Wildman–Crippen LogP) is 3.44. The summed E-state index contributed by atoms with van der Waals surface area (Å²) in [6.45, 7) is 10.8. The summed E-state index contributed by atoms with van der Waals surface area (Å²) in [6.07, 6.45) is 3.29. The summed E-state index contributed by atoms with van der Waals surface area (Å²) in [6, 6.07) is 0. The number of carbonyl (C=O) groups is 1. The molecule has 0 bridgehead atoms. The molecule has 0 aromatic carbocycles. The third-order valence-corrected chi connectivity index (χ3v) is 3.70. The van der Waals surface area contributed by atoms with Crippen LogP contribution >= 0.6 is 0 Å². The maximum Gasteiger partial charge on any atom is 0.161 e. The van der Waals surface area contributed by atoms with E-state index in [4.69, 9.17) is 4.74 Å². The van der Waals surface area contributed by atoms with Crippen LogP contribution in [-0.2, 0) is 9.53 Å². The van der Waals surface area contributed by atoms with Crippen LogP contribution in [0.25, 0.3) is 0 Å². The summed E-state index contributed by atoms with van der Waals surface area (Å²) in [4.78, 5) is 12.0. The summed E-state index contributed by atoms with van der Waals surface area (Å²) in [5, 5.41) is 0. The minimum absolute atomic E-state index is 0.205. The fourth-order valence-electron chi connectivity index (χ4n) is 2.25. The second-order valence-electron chi connectivity index (χ2n) is 6.33. The van der Waals surface area contributed by atoms with Gasteiger partial charge in [-0.3, -0.25) is 4.79 Å². The van der Waals surface area contributed by atoms with Crippen LogP contribution in [0.4, 0.5) is 0 Å². The first-order valence-corrected chi connectivity index (χ1v) is 6.46. The fraction of sp³-hybridized carbons (Fsp3) is 0.929. The Labute approximate surface area is 99.8 Å². The first-order chi connectivity index (χ1) is 7.29. The monoisotopic (exact) mass is 226 g/mol. The van der Waals surface area contributed by atoms with Crippen molar-refractivity contribution in [2.24, 2.45) is 17.8 Å². The Balaban J connectivity index is 2.38. The van der Waals surface area contributed by atoms with Gasteiger partial charge in [0.1, 0.15) is 6.61 Å². The van der Waals surface area contributed by atoms with E-state index >= 15 is 0 Å². The summed E-state index contributed by atoms with van der Waals surface area (Å²) in [5.74, 6) is 1.99. The smallest absolute Gasteiger partial charge is 0.161 e. The van der Waals surface area contributed by atoms with Crippen molar-refractivity contribution in [2.75, 3.05) is 6.61 Å². The zero-order valence-electron chi connectivity index (χ0n) is 11.4. The molecule has 3 atom stereocenters. The largest absolute Gasteiger partial charge is 0.368 e. The quantitative estimate of drug-likeness (QED) is 0.737. The number of ether oxygens (including phenoxy) is 1. The van der Waals surface area contributed by atoms with Gasteiger partial charge < -0.3 is 4.74 Å². The van der Waals surface area contributed by atoms with Crippen LogP contribution in [0.15, 0.2) is 0 Å². The van der Waals surface area contributed by atoms with E-state index in [0.29, 0.717) is 11.7 Å². The minimum atomic E-state index is -0.205. The zero-order valence-corrected chi connectivity index (χ0v) is 11.4. The van der Waals surface area contributed by atoms with E-state index in [9.17, 15) is 4.79 Å². The van der Waals surface area contributed by atoms with Crippen LogP contribution in [-0.4, -0.2) is 18.0 Å². The van der Waals surface area contributed by atoms with Gasteiger partial charge in [-0.2, -0.15) is 0 Å². The highest BCUT2D eigenvalue weighted by atomic mass is 16.5. The van der Waals surface area contributed by atoms with Gasteiger partial charge in [-0.1, -0.05) is 13.8 Å². The highest BCUT2D eigenvalue weighted by molar-refractivity contribution is 5.82. The van der Waals surface area contributed by atoms with E-state index in [1.165, 1.54) is 6.42 Å². The van der Waals surface area contributed by atoms with Crippen molar-refractivity contribution in [2.45, 2.75) is 59.5 Å². The molecule has 1 fully saturated rings. The van der Waals surface area contributed by atoms with Crippen LogP contribution in [0.3, 0.4) is 0 Å². The van der Waals surface area contributed by atoms with Crippen LogP contribution in [0.2, 0.25) is 0 Å². The maximum absolute atomic E-state index is 12.0. The number of ketones is 1. The number of hydrogen-bond donors (Lipinski definition) is 0. The molecular formula is C14H26O2. The van der Waals surface area contributed by atoms with Gasteiger partial charge in [0, 0.05) is 5.92 Å². The van der Waals surface area contributed by atoms with Crippen LogP contribution < -0.4 is 0 Å². The molecule has 0 amide bonds. The molecule has 1 saturated carbocycles. The average molecular weight is 226 g/mol. The molecule has 0 aromatic heterocycles. The van der Waals surface area contributed by atoms with Crippen molar-refractivity contribution >= 4 is 5.78 Å². The molecule has 94 valence electrons. The fourth-order valence-corrected chi connectivity index (χ4v) is 2.25. The van der Waals surface area contributed by atoms with Crippen molar-refractivity contribution in [3.8, 4) is 0 Å². The molecule has 0 aromatic rings. The summed E-state index contributed by atoms with van der Waals surface area (Å²) in [7, 11) is 0.